The Hall–Kier alpha value is -2.63. The van der Waals surface area contributed by atoms with Crippen LogP contribution in [0.5, 0.6) is 5.75 Å². The highest BCUT2D eigenvalue weighted by atomic mass is 16.5. The number of ether oxygens (including phenoxy) is 1. The van der Waals surface area contributed by atoms with Crippen LogP contribution in [0.25, 0.3) is 0 Å². The molecule has 0 aliphatic carbocycles. The molecule has 1 amide bonds. The van der Waals surface area contributed by atoms with E-state index >= 15 is 0 Å². The molecule has 1 heterocycles. The van der Waals surface area contributed by atoms with Gasteiger partial charge in [0.15, 0.2) is 6.61 Å². The lowest BCUT2D eigenvalue weighted by atomic mass is 10.2. The highest BCUT2D eigenvalue weighted by molar-refractivity contribution is 5.90. The van der Waals surface area contributed by atoms with Gasteiger partial charge < -0.3 is 14.6 Å². The zero-order chi connectivity index (χ0) is 15.1. The van der Waals surface area contributed by atoms with Crippen molar-refractivity contribution in [2.24, 2.45) is 0 Å². The molecule has 6 heteroatoms. The van der Waals surface area contributed by atoms with Crippen LogP contribution >= 0.6 is 0 Å². The van der Waals surface area contributed by atoms with Crippen molar-refractivity contribution in [3.8, 4) is 5.75 Å². The maximum absolute atomic E-state index is 11.6. The fraction of sp³-hybridized carbons (Fsp3) is 0.267. The van der Waals surface area contributed by atoms with Gasteiger partial charge in [-0.2, -0.15) is 4.98 Å². The molecule has 0 saturated carbocycles. The van der Waals surface area contributed by atoms with Crippen molar-refractivity contribution < 1.29 is 14.1 Å². The summed E-state index contributed by atoms with van der Waals surface area (Å²) in [6.07, 6.45) is 2.81. The fourth-order valence-corrected chi connectivity index (χ4v) is 1.64. The number of rotatable bonds is 7. The topological polar surface area (TPSA) is 77.2 Å². The van der Waals surface area contributed by atoms with Crippen LogP contribution in [0, 0.1) is 6.92 Å². The molecule has 110 valence electrons. The van der Waals surface area contributed by atoms with Crippen LogP contribution in [0.15, 0.2) is 41.4 Å². The van der Waals surface area contributed by atoms with Crippen molar-refractivity contribution in [1.82, 2.24) is 10.1 Å². The van der Waals surface area contributed by atoms with E-state index in [9.17, 15) is 4.79 Å². The van der Waals surface area contributed by atoms with Gasteiger partial charge in [-0.05, 0) is 30.7 Å². The lowest BCUT2D eigenvalue weighted by molar-refractivity contribution is -0.116. The number of hydrogen-bond donors (Lipinski definition) is 1. The van der Waals surface area contributed by atoms with Crippen LogP contribution in [0.4, 0.5) is 5.69 Å². The third kappa shape index (κ3) is 4.76. The van der Waals surface area contributed by atoms with Gasteiger partial charge in [-0.3, -0.25) is 4.79 Å². The van der Waals surface area contributed by atoms with Crippen molar-refractivity contribution in [1.29, 1.82) is 0 Å². The first-order valence-electron chi connectivity index (χ1n) is 6.60. The Balaban J connectivity index is 1.84. The van der Waals surface area contributed by atoms with Gasteiger partial charge in [0.25, 0.3) is 0 Å². The number of carbonyl (C=O) groups excluding carboxylic acids is 1. The Morgan fingerprint density at radius 1 is 1.43 bits per heavy atom. The second kappa shape index (κ2) is 7.23. The van der Waals surface area contributed by atoms with Crippen molar-refractivity contribution in [2.75, 3.05) is 5.32 Å². The summed E-state index contributed by atoms with van der Waals surface area (Å²) in [7, 11) is 0. The number of allylic oxidation sites excluding steroid dienone is 1. The van der Waals surface area contributed by atoms with Gasteiger partial charge in [0.1, 0.15) is 5.75 Å². The van der Waals surface area contributed by atoms with Crippen LogP contribution in [0.1, 0.15) is 24.6 Å². The summed E-state index contributed by atoms with van der Waals surface area (Å²) in [5.41, 5.74) is 0.729. The molecule has 0 fully saturated rings. The number of nitrogens with zero attached hydrogens (tertiary/aromatic N) is 2. The summed E-state index contributed by atoms with van der Waals surface area (Å²) in [6.45, 7) is 5.55. The minimum Gasteiger partial charge on any atom is -0.485 e. The first-order chi connectivity index (χ1) is 10.2. The van der Waals surface area contributed by atoms with Gasteiger partial charge >= 0.3 is 0 Å². The van der Waals surface area contributed by atoms with Crippen molar-refractivity contribution >= 4 is 11.6 Å². The van der Waals surface area contributed by atoms with E-state index in [1.165, 1.54) is 0 Å². The molecule has 0 unspecified atom stereocenters. The number of amides is 1. The monoisotopic (exact) mass is 287 g/mol. The van der Waals surface area contributed by atoms with E-state index in [1.54, 1.807) is 37.3 Å². The second-order valence-electron chi connectivity index (χ2n) is 4.42. The summed E-state index contributed by atoms with van der Waals surface area (Å²) >= 11 is 0. The average molecular weight is 287 g/mol. The maximum Gasteiger partial charge on any atom is 0.224 e. The van der Waals surface area contributed by atoms with Gasteiger partial charge in [-0.25, -0.2) is 0 Å². The Kier molecular flexibility index (Phi) is 5.09. The minimum atomic E-state index is -0.0363. The standard InChI is InChI=1S/C15H17N3O3/c1-3-4-5-15(19)17-12-6-8-13(9-7-12)20-10-14-16-11(2)21-18-14/h3,6-9H,1,4-5,10H2,2H3,(H,17,19). The Bertz CT molecular complexity index is 605. The van der Waals surface area contributed by atoms with Crippen molar-refractivity contribution in [3.63, 3.8) is 0 Å². The van der Waals surface area contributed by atoms with Crippen LogP contribution in [-0.4, -0.2) is 16.0 Å². The maximum atomic E-state index is 11.6. The number of nitrogens with one attached hydrogen (secondary N) is 1. The van der Waals surface area contributed by atoms with E-state index in [4.69, 9.17) is 9.26 Å². The molecule has 0 saturated heterocycles. The minimum absolute atomic E-state index is 0.0363. The first-order valence-corrected chi connectivity index (χ1v) is 6.60. The number of benzene rings is 1. The predicted molar refractivity (Wildman–Crippen MR) is 77.9 cm³/mol. The lowest BCUT2D eigenvalue weighted by Gasteiger charge is -2.06. The molecule has 0 radical (unpaired) electrons. The van der Waals surface area contributed by atoms with Gasteiger partial charge in [0, 0.05) is 19.0 Å². The predicted octanol–water partition coefficient (Wildman–Crippen LogP) is 2.86. The molecule has 0 atom stereocenters. The molecule has 0 spiro atoms. The van der Waals surface area contributed by atoms with E-state index in [1.807, 2.05) is 0 Å². The molecule has 21 heavy (non-hydrogen) atoms. The van der Waals surface area contributed by atoms with Crippen LogP contribution in [0.3, 0.4) is 0 Å². The van der Waals surface area contributed by atoms with Gasteiger partial charge in [-0.1, -0.05) is 11.2 Å². The molecule has 1 aromatic carbocycles. The Morgan fingerprint density at radius 3 is 2.81 bits per heavy atom. The van der Waals surface area contributed by atoms with Gasteiger partial charge in [-0.15, -0.1) is 6.58 Å². The van der Waals surface area contributed by atoms with Crippen molar-refractivity contribution in [2.45, 2.75) is 26.4 Å². The highest BCUT2D eigenvalue weighted by Gasteiger charge is 2.04. The van der Waals surface area contributed by atoms with E-state index < -0.39 is 0 Å². The molecule has 0 aliphatic heterocycles. The second-order valence-corrected chi connectivity index (χ2v) is 4.42. The van der Waals surface area contributed by atoms with E-state index in [2.05, 4.69) is 22.0 Å². The number of aryl methyl sites for hydroxylation is 1. The van der Waals surface area contributed by atoms with E-state index in [-0.39, 0.29) is 12.5 Å². The van der Waals surface area contributed by atoms with Crippen LogP contribution in [-0.2, 0) is 11.4 Å². The molecular formula is C15H17N3O3. The zero-order valence-electron chi connectivity index (χ0n) is 11.8. The highest BCUT2D eigenvalue weighted by Crippen LogP contribution is 2.17. The SMILES string of the molecule is C=CCCC(=O)Nc1ccc(OCc2noc(C)n2)cc1. The zero-order valence-corrected chi connectivity index (χ0v) is 11.8. The molecular weight excluding hydrogens is 270 g/mol. The third-order valence-corrected chi connectivity index (χ3v) is 2.65. The van der Waals surface area contributed by atoms with Gasteiger partial charge in [0.2, 0.25) is 17.6 Å². The quantitative estimate of drug-likeness (QED) is 0.792. The van der Waals surface area contributed by atoms with E-state index in [0.717, 1.165) is 5.69 Å². The van der Waals surface area contributed by atoms with Crippen molar-refractivity contribution in [3.05, 3.63) is 48.6 Å². The number of hydrogen-bond acceptors (Lipinski definition) is 5. The first kappa shape index (κ1) is 14.8. The summed E-state index contributed by atoms with van der Waals surface area (Å²) in [5.74, 6) is 1.63. The van der Waals surface area contributed by atoms with E-state index in [0.29, 0.717) is 30.3 Å². The smallest absolute Gasteiger partial charge is 0.224 e. The molecule has 2 aromatic rings. The average Bonchev–Trinajstić information content (AvgIpc) is 2.90. The molecule has 0 aliphatic rings. The molecule has 0 bridgehead atoms. The fourth-order valence-electron chi connectivity index (χ4n) is 1.64. The summed E-state index contributed by atoms with van der Waals surface area (Å²) in [6, 6.07) is 7.11. The van der Waals surface area contributed by atoms with Crippen LogP contribution in [0.2, 0.25) is 0 Å². The molecule has 1 aromatic heterocycles. The third-order valence-electron chi connectivity index (χ3n) is 2.65. The largest absolute Gasteiger partial charge is 0.485 e. The molecule has 6 nitrogen and oxygen atoms in total. The number of carbonyl (C=O) groups is 1. The summed E-state index contributed by atoms with van der Waals surface area (Å²) < 4.78 is 10.4. The lowest BCUT2D eigenvalue weighted by Crippen LogP contribution is -2.10. The number of aromatic nitrogens is 2. The molecule has 2 rings (SSSR count). The summed E-state index contributed by atoms with van der Waals surface area (Å²) in [4.78, 5) is 15.6. The normalized spacial score (nSPS) is 10.1. The van der Waals surface area contributed by atoms with Gasteiger partial charge in [0.05, 0.1) is 0 Å². The van der Waals surface area contributed by atoms with Crippen LogP contribution < -0.4 is 10.1 Å². The summed E-state index contributed by atoms with van der Waals surface area (Å²) in [5, 5.41) is 6.54. The Morgan fingerprint density at radius 2 is 2.19 bits per heavy atom. The Labute approximate surface area is 122 Å². The number of anilines is 1. The molecule has 1 N–H and O–H groups in total.